The van der Waals surface area contributed by atoms with E-state index in [1.807, 2.05) is 18.2 Å². The molecule has 0 N–H and O–H groups in total. The highest BCUT2D eigenvalue weighted by molar-refractivity contribution is 5.43. The molecule has 1 aliphatic heterocycles. The number of hydrogen-bond acceptors (Lipinski definition) is 4. The van der Waals surface area contributed by atoms with Gasteiger partial charge >= 0.3 is 0 Å². The van der Waals surface area contributed by atoms with Gasteiger partial charge in [0.1, 0.15) is 6.10 Å². The summed E-state index contributed by atoms with van der Waals surface area (Å²) in [6.45, 7) is 0.587. The summed E-state index contributed by atoms with van der Waals surface area (Å²) in [4.78, 5) is 0. The zero-order valence-corrected chi connectivity index (χ0v) is 11.9. The van der Waals surface area contributed by atoms with Gasteiger partial charge in [0.05, 0.1) is 20.8 Å². The maximum atomic E-state index is 6.18. The molecule has 0 radical (unpaired) electrons. The quantitative estimate of drug-likeness (QED) is 0.794. The second-order valence-electron chi connectivity index (χ2n) is 5.16. The number of hydrogen-bond donors (Lipinski definition) is 0. The van der Waals surface area contributed by atoms with Gasteiger partial charge in [-0.2, -0.15) is 0 Å². The summed E-state index contributed by atoms with van der Waals surface area (Å²) in [5.74, 6) is 1.02. The average molecular weight is 276 g/mol. The Labute approximate surface area is 119 Å². The summed E-state index contributed by atoms with van der Waals surface area (Å²) >= 11 is 0. The molecule has 0 aromatic heterocycles. The number of allylic oxidation sites excluding steroid dienone is 1. The van der Waals surface area contributed by atoms with Gasteiger partial charge in [-0.1, -0.05) is 18.2 Å². The van der Waals surface area contributed by atoms with Crippen LogP contribution >= 0.6 is 0 Å². The minimum Gasteiger partial charge on any atom is -0.493 e. The molecule has 0 amide bonds. The minimum atomic E-state index is -0.424. The highest BCUT2D eigenvalue weighted by Crippen LogP contribution is 2.42. The van der Waals surface area contributed by atoms with Crippen LogP contribution in [0, 0.1) is 0 Å². The lowest BCUT2D eigenvalue weighted by atomic mass is 10.0. The largest absolute Gasteiger partial charge is 0.493 e. The minimum absolute atomic E-state index is 0.0405. The SMILES string of the molecule is COc1ccc(C2COC3(CC=CCC3)O2)cc1OC. The predicted molar refractivity (Wildman–Crippen MR) is 75.0 cm³/mol. The molecule has 1 heterocycles. The Morgan fingerprint density at radius 3 is 2.70 bits per heavy atom. The normalized spacial score (nSPS) is 28.8. The number of methoxy groups -OCH3 is 2. The van der Waals surface area contributed by atoms with Gasteiger partial charge in [-0.15, -0.1) is 0 Å². The second-order valence-corrected chi connectivity index (χ2v) is 5.16. The van der Waals surface area contributed by atoms with Crippen molar-refractivity contribution in [3.8, 4) is 11.5 Å². The van der Waals surface area contributed by atoms with Gasteiger partial charge in [0, 0.05) is 12.8 Å². The van der Waals surface area contributed by atoms with Crippen molar-refractivity contribution in [1.82, 2.24) is 0 Å². The van der Waals surface area contributed by atoms with Gasteiger partial charge in [-0.25, -0.2) is 0 Å². The van der Waals surface area contributed by atoms with Crippen molar-refractivity contribution in [2.24, 2.45) is 0 Å². The van der Waals surface area contributed by atoms with Crippen LogP contribution in [0.15, 0.2) is 30.4 Å². The van der Waals surface area contributed by atoms with E-state index in [9.17, 15) is 0 Å². The van der Waals surface area contributed by atoms with Crippen LogP contribution in [0.5, 0.6) is 11.5 Å². The Kier molecular flexibility index (Phi) is 3.68. The van der Waals surface area contributed by atoms with Crippen LogP contribution in [0.2, 0.25) is 0 Å². The van der Waals surface area contributed by atoms with E-state index >= 15 is 0 Å². The predicted octanol–water partition coefficient (Wildman–Crippen LogP) is 3.23. The molecule has 4 heteroatoms. The van der Waals surface area contributed by atoms with Crippen LogP contribution in [0.3, 0.4) is 0 Å². The Morgan fingerprint density at radius 2 is 2.00 bits per heavy atom. The van der Waals surface area contributed by atoms with Gasteiger partial charge in [-0.3, -0.25) is 0 Å². The molecule has 2 aliphatic rings. The van der Waals surface area contributed by atoms with E-state index in [1.54, 1.807) is 14.2 Å². The Hall–Kier alpha value is -1.52. The third-order valence-corrected chi connectivity index (χ3v) is 3.92. The van der Waals surface area contributed by atoms with E-state index < -0.39 is 5.79 Å². The first kappa shape index (κ1) is 13.5. The molecule has 1 spiro atoms. The lowest BCUT2D eigenvalue weighted by Gasteiger charge is -2.29. The number of rotatable bonds is 3. The zero-order valence-electron chi connectivity index (χ0n) is 11.9. The monoisotopic (exact) mass is 276 g/mol. The molecule has 1 aromatic rings. The van der Waals surface area contributed by atoms with E-state index in [0.717, 1.165) is 36.3 Å². The maximum absolute atomic E-state index is 6.18. The first-order chi connectivity index (χ1) is 9.76. The van der Waals surface area contributed by atoms with Crippen molar-refractivity contribution in [2.45, 2.75) is 31.2 Å². The van der Waals surface area contributed by atoms with Crippen molar-refractivity contribution >= 4 is 0 Å². The summed E-state index contributed by atoms with van der Waals surface area (Å²) in [7, 11) is 3.27. The first-order valence-corrected chi connectivity index (χ1v) is 6.95. The lowest BCUT2D eigenvalue weighted by molar-refractivity contribution is -0.172. The molecule has 3 rings (SSSR count). The molecule has 0 bridgehead atoms. The van der Waals surface area contributed by atoms with E-state index in [2.05, 4.69) is 12.2 Å². The van der Waals surface area contributed by atoms with Gasteiger partial charge < -0.3 is 18.9 Å². The van der Waals surface area contributed by atoms with E-state index in [4.69, 9.17) is 18.9 Å². The molecule has 108 valence electrons. The van der Waals surface area contributed by atoms with Gasteiger partial charge in [0.15, 0.2) is 17.3 Å². The lowest BCUT2D eigenvalue weighted by Crippen LogP contribution is -2.30. The van der Waals surface area contributed by atoms with Crippen LogP contribution in [0.25, 0.3) is 0 Å². The Morgan fingerprint density at radius 1 is 1.15 bits per heavy atom. The summed E-state index contributed by atoms with van der Waals surface area (Å²) in [5, 5.41) is 0. The fraction of sp³-hybridized carbons (Fsp3) is 0.500. The van der Waals surface area contributed by atoms with Crippen molar-refractivity contribution in [3.05, 3.63) is 35.9 Å². The Bertz CT molecular complexity index is 511. The molecular weight excluding hydrogens is 256 g/mol. The smallest absolute Gasteiger partial charge is 0.173 e. The molecule has 2 unspecified atom stereocenters. The fourth-order valence-corrected chi connectivity index (χ4v) is 2.80. The third-order valence-electron chi connectivity index (χ3n) is 3.92. The maximum Gasteiger partial charge on any atom is 0.173 e. The van der Waals surface area contributed by atoms with Crippen LogP contribution in [0.1, 0.15) is 30.9 Å². The topological polar surface area (TPSA) is 36.9 Å². The summed E-state index contributed by atoms with van der Waals surface area (Å²) in [6, 6.07) is 5.88. The molecule has 1 aliphatic carbocycles. The summed E-state index contributed by atoms with van der Waals surface area (Å²) < 4.78 is 22.7. The van der Waals surface area contributed by atoms with Crippen molar-refractivity contribution < 1.29 is 18.9 Å². The van der Waals surface area contributed by atoms with Crippen LogP contribution in [-0.4, -0.2) is 26.6 Å². The van der Waals surface area contributed by atoms with E-state index in [-0.39, 0.29) is 6.10 Å². The molecule has 1 aromatic carbocycles. The average Bonchev–Trinajstić information content (AvgIpc) is 2.91. The first-order valence-electron chi connectivity index (χ1n) is 6.95. The Balaban J connectivity index is 1.79. The van der Waals surface area contributed by atoms with Gasteiger partial charge in [0.2, 0.25) is 0 Å². The van der Waals surface area contributed by atoms with E-state index in [1.165, 1.54) is 0 Å². The van der Waals surface area contributed by atoms with Gasteiger partial charge in [-0.05, 0) is 24.1 Å². The standard InChI is InChI=1S/C16H20O4/c1-17-13-7-6-12(10-14(13)18-2)15-11-19-16(20-15)8-4-3-5-9-16/h3-4,6-7,10,15H,5,8-9,11H2,1-2H3. The molecular formula is C16H20O4. The summed E-state index contributed by atoms with van der Waals surface area (Å²) in [6.07, 6.45) is 7.05. The molecule has 1 fully saturated rings. The van der Waals surface area contributed by atoms with Crippen molar-refractivity contribution in [2.75, 3.05) is 20.8 Å². The molecule has 1 saturated heterocycles. The molecule has 0 saturated carbocycles. The van der Waals surface area contributed by atoms with Crippen LogP contribution < -0.4 is 9.47 Å². The highest BCUT2D eigenvalue weighted by atomic mass is 16.7. The van der Waals surface area contributed by atoms with Crippen molar-refractivity contribution in [1.29, 1.82) is 0 Å². The second kappa shape index (κ2) is 5.46. The zero-order chi connectivity index (χ0) is 14.0. The van der Waals surface area contributed by atoms with E-state index in [0.29, 0.717) is 6.61 Å². The molecule has 2 atom stereocenters. The number of benzene rings is 1. The highest BCUT2D eigenvalue weighted by Gasteiger charge is 2.41. The third kappa shape index (κ3) is 2.41. The van der Waals surface area contributed by atoms with Gasteiger partial charge in [0.25, 0.3) is 0 Å². The fourth-order valence-electron chi connectivity index (χ4n) is 2.80. The molecule has 4 nitrogen and oxygen atoms in total. The van der Waals surface area contributed by atoms with Crippen LogP contribution in [0.4, 0.5) is 0 Å². The molecule has 20 heavy (non-hydrogen) atoms. The number of ether oxygens (including phenoxy) is 4. The van der Waals surface area contributed by atoms with Crippen LogP contribution in [-0.2, 0) is 9.47 Å². The van der Waals surface area contributed by atoms with Crippen molar-refractivity contribution in [3.63, 3.8) is 0 Å². The summed E-state index contributed by atoms with van der Waals surface area (Å²) in [5.41, 5.74) is 1.06.